The Labute approximate surface area is 180 Å². The van der Waals surface area contributed by atoms with E-state index in [2.05, 4.69) is 17.2 Å². The van der Waals surface area contributed by atoms with Crippen molar-refractivity contribution in [3.63, 3.8) is 0 Å². The molecule has 0 fully saturated rings. The molecule has 0 radical (unpaired) electrons. The van der Waals surface area contributed by atoms with Crippen LogP contribution in [0, 0.1) is 0 Å². The first-order valence-corrected chi connectivity index (χ1v) is 10.7. The summed E-state index contributed by atoms with van der Waals surface area (Å²) in [6.07, 6.45) is 3.48. The maximum Gasteiger partial charge on any atom is 0.332 e. The summed E-state index contributed by atoms with van der Waals surface area (Å²) < 4.78 is 9.70. The van der Waals surface area contributed by atoms with Crippen molar-refractivity contribution in [3.8, 4) is 5.75 Å². The average Bonchev–Trinajstić information content (AvgIpc) is 3.13. The van der Waals surface area contributed by atoms with Crippen molar-refractivity contribution in [1.29, 1.82) is 0 Å². The number of imidazole rings is 1. The largest absolute Gasteiger partial charge is 0.491 e. The fourth-order valence-electron chi connectivity index (χ4n) is 3.48. The minimum atomic E-state index is -0.875. The van der Waals surface area contributed by atoms with Gasteiger partial charge in [-0.25, -0.2) is 4.79 Å². The van der Waals surface area contributed by atoms with E-state index in [1.54, 1.807) is 11.6 Å². The zero-order valence-corrected chi connectivity index (χ0v) is 18.4. The molecule has 2 aromatic heterocycles. The van der Waals surface area contributed by atoms with Gasteiger partial charge < -0.3 is 19.7 Å². The second-order valence-electron chi connectivity index (χ2n) is 7.69. The molecular weight excluding hydrogens is 398 g/mol. The van der Waals surface area contributed by atoms with E-state index in [4.69, 9.17) is 4.74 Å². The Balaban J connectivity index is 1.87. The molecule has 9 heteroatoms. The molecule has 0 saturated heterocycles. The lowest BCUT2D eigenvalue weighted by Crippen LogP contribution is -2.38. The van der Waals surface area contributed by atoms with Crippen molar-refractivity contribution in [3.05, 3.63) is 51.2 Å². The Morgan fingerprint density at radius 2 is 1.84 bits per heavy atom. The van der Waals surface area contributed by atoms with Crippen molar-refractivity contribution in [1.82, 2.24) is 18.7 Å². The lowest BCUT2D eigenvalue weighted by atomic mass is 10.2. The number of aryl methyl sites for hydroxylation is 1. The third-order valence-electron chi connectivity index (χ3n) is 5.24. The first kappa shape index (κ1) is 22.6. The van der Waals surface area contributed by atoms with E-state index in [0.717, 1.165) is 30.3 Å². The van der Waals surface area contributed by atoms with Gasteiger partial charge in [-0.3, -0.25) is 13.9 Å². The molecular formula is C22H31N5O4. The van der Waals surface area contributed by atoms with Crippen LogP contribution in [0.25, 0.3) is 11.2 Å². The predicted molar refractivity (Wildman–Crippen MR) is 121 cm³/mol. The molecule has 3 aromatic rings. The van der Waals surface area contributed by atoms with Crippen molar-refractivity contribution in [2.24, 2.45) is 14.1 Å². The first-order chi connectivity index (χ1) is 14.9. The lowest BCUT2D eigenvalue weighted by molar-refractivity contribution is 0.0938. The van der Waals surface area contributed by atoms with Crippen molar-refractivity contribution in [2.45, 2.75) is 45.3 Å². The lowest BCUT2D eigenvalue weighted by Gasteiger charge is -2.16. The highest BCUT2D eigenvalue weighted by Crippen LogP contribution is 2.17. The Hall–Kier alpha value is -3.07. The molecule has 0 bridgehead atoms. The molecule has 0 aliphatic carbocycles. The zero-order chi connectivity index (χ0) is 22.4. The number of nitrogens with zero attached hydrogens (tertiary/aromatic N) is 4. The van der Waals surface area contributed by atoms with Crippen LogP contribution in [0.15, 0.2) is 39.9 Å². The average molecular weight is 430 g/mol. The molecule has 0 amide bonds. The molecule has 2 heterocycles. The standard InChI is InChI=1S/C22H31N5O4/c1-4-5-6-10-13-23-21-24-19-18(20(29)26(3)22(30)25(19)2)27(21)14-16(28)15-31-17-11-8-7-9-12-17/h7-9,11-12,16,28H,4-6,10,13-15H2,1-3H3,(H,23,24)/t16-/m1/s1. The van der Waals surface area contributed by atoms with Gasteiger partial charge in [-0.1, -0.05) is 44.4 Å². The molecule has 1 atom stereocenters. The Morgan fingerprint density at radius 3 is 2.55 bits per heavy atom. The summed E-state index contributed by atoms with van der Waals surface area (Å²) in [4.78, 5) is 29.7. The molecule has 0 saturated carbocycles. The van der Waals surface area contributed by atoms with Gasteiger partial charge >= 0.3 is 5.69 Å². The number of rotatable bonds is 11. The Morgan fingerprint density at radius 1 is 1.10 bits per heavy atom. The highest BCUT2D eigenvalue weighted by Gasteiger charge is 2.21. The second kappa shape index (κ2) is 10.3. The minimum Gasteiger partial charge on any atom is -0.491 e. The van der Waals surface area contributed by atoms with Gasteiger partial charge in [0.05, 0.1) is 6.54 Å². The van der Waals surface area contributed by atoms with Crippen LogP contribution in [0.4, 0.5) is 5.95 Å². The number of ether oxygens (including phenoxy) is 1. The SMILES string of the molecule is CCCCCCNc1nc2c(c(=O)n(C)c(=O)n2C)n1C[C@@H](O)COc1ccccc1. The van der Waals surface area contributed by atoms with E-state index in [9.17, 15) is 14.7 Å². The van der Waals surface area contributed by atoms with Crippen LogP contribution < -0.4 is 21.3 Å². The Bertz CT molecular complexity index is 1120. The number of aromatic nitrogens is 4. The highest BCUT2D eigenvalue weighted by molar-refractivity contribution is 5.74. The van der Waals surface area contributed by atoms with Crippen LogP contribution in [0.3, 0.4) is 0 Å². The van der Waals surface area contributed by atoms with Gasteiger partial charge in [0, 0.05) is 20.6 Å². The Kier molecular flexibility index (Phi) is 7.51. The third-order valence-corrected chi connectivity index (χ3v) is 5.24. The van der Waals surface area contributed by atoms with Gasteiger partial charge in [-0.15, -0.1) is 0 Å². The fraction of sp³-hybridized carbons (Fsp3) is 0.500. The number of fused-ring (bicyclic) bond motifs is 1. The minimum absolute atomic E-state index is 0.0612. The van der Waals surface area contributed by atoms with Gasteiger partial charge in [0.15, 0.2) is 11.2 Å². The van der Waals surface area contributed by atoms with Gasteiger partial charge in [0.25, 0.3) is 5.56 Å². The summed E-state index contributed by atoms with van der Waals surface area (Å²) >= 11 is 0. The maximum atomic E-state index is 12.9. The summed E-state index contributed by atoms with van der Waals surface area (Å²) in [5.74, 6) is 1.12. The molecule has 0 aliphatic rings. The van der Waals surface area contributed by atoms with Gasteiger partial charge in [-0.05, 0) is 18.6 Å². The number of nitrogens with one attached hydrogen (secondary N) is 1. The van der Waals surface area contributed by atoms with Crippen molar-refractivity contribution in [2.75, 3.05) is 18.5 Å². The smallest absolute Gasteiger partial charge is 0.332 e. The molecule has 168 valence electrons. The summed E-state index contributed by atoms with van der Waals surface area (Å²) in [6.45, 7) is 3.01. The van der Waals surface area contributed by atoms with E-state index in [1.807, 2.05) is 30.3 Å². The van der Waals surface area contributed by atoms with Gasteiger partial charge in [-0.2, -0.15) is 4.98 Å². The van der Waals surface area contributed by atoms with E-state index >= 15 is 0 Å². The summed E-state index contributed by atoms with van der Waals surface area (Å²) in [7, 11) is 3.02. The maximum absolute atomic E-state index is 12.9. The summed E-state index contributed by atoms with van der Waals surface area (Å²) in [5.41, 5.74) is -0.315. The molecule has 0 aliphatic heterocycles. The van der Waals surface area contributed by atoms with Crippen molar-refractivity contribution >= 4 is 17.1 Å². The van der Waals surface area contributed by atoms with Crippen LogP contribution in [-0.4, -0.2) is 43.0 Å². The molecule has 31 heavy (non-hydrogen) atoms. The van der Waals surface area contributed by atoms with Gasteiger partial charge in [0.1, 0.15) is 18.5 Å². The number of anilines is 1. The number of benzene rings is 1. The quantitative estimate of drug-likeness (QED) is 0.451. The number of para-hydroxylation sites is 1. The summed E-state index contributed by atoms with van der Waals surface area (Å²) in [6, 6.07) is 9.23. The number of aliphatic hydroxyl groups is 1. The highest BCUT2D eigenvalue weighted by atomic mass is 16.5. The van der Waals surface area contributed by atoms with E-state index in [0.29, 0.717) is 23.9 Å². The third kappa shape index (κ3) is 5.16. The number of hydrogen-bond donors (Lipinski definition) is 2. The van der Waals surface area contributed by atoms with E-state index < -0.39 is 17.4 Å². The normalized spacial score (nSPS) is 12.3. The number of unbranched alkanes of at least 4 members (excludes halogenated alkanes) is 3. The van der Waals surface area contributed by atoms with Crippen LogP contribution in [0.2, 0.25) is 0 Å². The van der Waals surface area contributed by atoms with Crippen LogP contribution >= 0.6 is 0 Å². The van der Waals surface area contributed by atoms with Crippen LogP contribution in [-0.2, 0) is 20.6 Å². The molecule has 3 rings (SSSR count). The topological polar surface area (TPSA) is 103 Å². The first-order valence-electron chi connectivity index (χ1n) is 10.7. The molecule has 2 N–H and O–H groups in total. The molecule has 0 spiro atoms. The fourth-order valence-corrected chi connectivity index (χ4v) is 3.48. The molecule has 1 aromatic carbocycles. The summed E-state index contributed by atoms with van der Waals surface area (Å²) in [5, 5.41) is 13.9. The molecule has 9 nitrogen and oxygen atoms in total. The number of aliphatic hydroxyl groups excluding tert-OH is 1. The van der Waals surface area contributed by atoms with Crippen LogP contribution in [0.1, 0.15) is 32.6 Å². The zero-order valence-electron chi connectivity index (χ0n) is 18.4. The van der Waals surface area contributed by atoms with Crippen LogP contribution in [0.5, 0.6) is 5.75 Å². The number of hydrogen-bond acceptors (Lipinski definition) is 6. The second-order valence-corrected chi connectivity index (χ2v) is 7.69. The van der Waals surface area contributed by atoms with Crippen molar-refractivity contribution < 1.29 is 9.84 Å². The monoisotopic (exact) mass is 429 g/mol. The van der Waals surface area contributed by atoms with E-state index in [-0.39, 0.29) is 18.7 Å². The van der Waals surface area contributed by atoms with E-state index in [1.165, 1.54) is 11.6 Å². The van der Waals surface area contributed by atoms with Gasteiger partial charge in [0.2, 0.25) is 5.95 Å². The molecule has 0 unspecified atom stereocenters. The predicted octanol–water partition coefficient (Wildman–Crippen LogP) is 1.87.